The zero-order valence-electron chi connectivity index (χ0n) is 18.9. The van der Waals surface area contributed by atoms with Gasteiger partial charge in [-0.05, 0) is 31.2 Å². The third-order valence-electron chi connectivity index (χ3n) is 4.91. The van der Waals surface area contributed by atoms with Crippen molar-refractivity contribution in [3.05, 3.63) is 45.7 Å². The number of hydrogen-bond donors (Lipinski definition) is 3. The summed E-state index contributed by atoms with van der Waals surface area (Å²) in [4.78, 5) is 12.5. The second-order valence-electron chi connectivity index (χ2n) is 6.99. The van der Waals surface area contributed by atoms with E-state index in [4.69, 9.17) is 14.9 Å². The molecule has 0 amide bonds. The van der Waals surface area contributed by atoms with E-state index in [9.17, 15) is 23.6 Å². The number of aliphatic hydroxyl groups excluding tert-OH is 2. The van der Waals surface area contributed by atoms with Crippen molar-refractivity contribution in [2.75, 3.05) is 39.5 Å². The van der Waals surface area contributed by atoms with Gasteiger partial charge in [0, 0.05) is 18.7 Å². The first-order valence-corrected chi connectivity index (χ1v) is 11.8. The van der Waals surface area contributed by atoms with Gasteiger partial charge in [-0.25, -0.2) is 8.42 Å². The standard InChI is InChI=1S/C21H27N5O7S/c1-3-25(8-10-27)34(31,32)17-6-4-16(5-7-17)23-24-19-15(2)18(14-22)20(29)26(21(19)30)9-12-33-13-11-28/h4-7,27-28,30H,3,8-13H2,1-2H3/b24-23+. The number of hydrogen-bond acceptors (Lipinski definition) is 10. The van der Waals surface area contributed by atoms with Gasteiger partial charge in [-0.15, -0.1) is 5.11 Å². The smallest absolute Gasteiger partial charge is 0.271 e. The molecule has 12 nitrogen and oxygen atoms in total. The lowest BCUT2D eigenvalue weighted by Gasteiger charge is -2.19. The summed E-state index contributed by atoms with van der Waals surface area (Å²) >= 11 is 0. The van der Waals surface area contributed by atoms with Crippen molar-refractivity contribution in [2.24, 2.45) is 10.2 Å². The lowest BCUT2D eigenvalue weighted by molar-refractivity contribution is 0.0854. The molecular weight excluding hydrogens is 466 g/mol. The molecule has 3 N–H and O–H groups in total. The van der Waals surface area contributed by atoms with Crippen LogP contribution in [0.3, 0.4) is 0 Å². The predicted molar refractivity (Wildman–Crippen MR) is 122 cm³/mol. The molecule has 184 valence electrons. The summed E-state index contributed by atoms with van der Waals surface area (Å²) in [5, 5.41) is 45.8. The highest BCUT2D eigenvalue weighted by Gasteiger charge is 2.22. The number of likely N-dealkylation sites (N-methyl/N-ethyl adjacent to an activating group) is 1. The summed E-state index contributed by atoms with van der Waals surface area (Å²) in [5.74, 6) is -0.500. The number of aromatic nitrogens is 1. The van der Waals surface area contributed by atoms with Crippen LogP contribution in [-0.2, 0) is 21.3 Å². The van der Waals surface area contributed by atoms with Gasteiger partial charge < -0.3 is 20.1 Å². The van der Waals surface area contributed by atoms with E-state index in [-0.39, 0.29) is 73.5 Å². The van der Waals surface area contributed by atoms with Crippen molar-refractivity contribution in [3.8, 4) is 11.9 Å². The third kappa shape index (κ3) is 6.04. The Hall–Kier alpha value is -3.15. The Bertz CT molecular complexity index is 1220. The summed E-state index contributed by atoms with van der Waals surface area (Å²) in [6, 6.07) is 7.33. The van der Waals surface area contributed by atoms with Crippen molar-refractivity contribution in [2.45, 2.75) is 25.3 Å². The molecule has 1 aromatic heterocycles. The summed E-state index contributed by atoms with van der Waals surface area (Å²) in [5.41, 5.74) is -0.593. The molecule has 0 aliphatic heterocycles. The number of aromatic hydroxyl groups is 1. The summed E-state index contributed by atoms with van der Waals surface area (Å²) < 4.78 is 32.5. The Balaban J connectivity index is 2.38. The molecule has 2 rings (SSSR count). The highest BCUT2D eigenvalue weighted by molar-refractivity contribution is 7.89. The van der Waals surface area contributed by atoms with Gasteiger partial charge in [-0.3, -0.25) is 9.36 Å². The number of nitrogens with zero attached hydrogens (tertiary/aromatic N) is 5. The van der Waals surface area contributed by atoms with Crippen molar-refractivity contribution in [1.29, 1.82) is 5.26 Å². The minimum absolute atomic E-state index is 0.0134. The molecule has 0 aliphatic carbocycles. The summed E-state index contributed by atoms with van der Waals surface area (Å²) in [6.07, 6.45) is 0. The number of pyridine rings is 1. The molecule has 2 aromatic rings. The Kier molecular flexibility index (Phi) is 9.84. The molecule has 0 radical (unpaired) electrons. The van der Waals surface area contributed by atoms with Gasteiger partial charge >= 0.3 is 0 Å². The van der Waals surface area contributed by atoms with Crippen LogP contribution in [-0.4, -0.2) is 72.1 Å². The molecule has 0 unspecified atom stereocenters. The van der Waals surface area contributed by atoms with Crippen LogP contribution < -0.4 is 5.56 Å². The molecule has 0 spiro atoms. The van der Waals surface area contributed by atoms with Gasteiger partial charge in [0.1, 0.15) is 11.6 Å². The molecular formula is C21H27N5O7S. The van der Waals surface area contributed by atoms with E-state index in [2.05, 4.69) is 10.2 Å². The van der Waals surface area contributed by atoms with E-state index in [1.165, 1.54) is 31.2 Å². The largest absolute Gasteiger partial charge is 0.493 e. The first-order valence-electron chi connectivity index (χ1n) is 10.4. The minimum Gasteiger partial charge on any atom is -0.493 e. The Morgan fingerprint density at radius 2 is 1.82 bits per heavy atom. The normalized spacial score (nSPS) is 11.9. The molecule has 0 bridgehead atoms. The molecule has 1 heterocycles. The van der Waals surface area contributed by atoms with Crippen molar-refractivity contribution >= 4 is 21.4 Å². The Morgan fingerprint density at radius 1 is 1.15 bits per heavy atom. The van der Waals surface area contributed by atoms with Crippen molar-refractivity contribution in [1.82, 2.24) is 8.87 Å². The first kappa shape index (κ1) is 27.1. The lowest BCUT2D eigenvalue weighted by Crippen LogP contribution is -2.33. The van der Waals surface area contributed by atoms with Crippen molar-refractivity contribution in [3.63, 3.8) is 0 Å². The fraction of sp³-hybridized carbons (Fsp3) is 0.429. The number of nitriles is 1. The number of rotatable bonds is 12. The SMILES string of the molecule is CCN(CCO)S(=O)(=O)c1ccc(/N=N/c2c(C)c(C#N)c(=O)n(CCOCCO)c2O)cc1. The van der Waals surface area contributed by atoms with Crippen molar-refractivity contribution < 1.29 is 28.5 Å². The van der Waals surface area contributed by atoms with Crippen LogP contribution >= 0.6 is 0 Å². The molecule has 0 saturated heterocycles. The molecule has 1 aromatic carbocycles. The fourth-order valence-electron chi connectivity index (χ4n) is 3.09. The maximum absolute atomic E-state index is 12.6. The van der Waals surface area contributed by atoms with Gasteiger partial charge in [-0.2, -0.15) is 14.7 Å². The van der Waals surface area contributed by atoms with Gasteiger partial charge in [0.05, 0.1) is 43.6 Å². The maximum atomic E-state index is 12.6. The lowest BCUT2D eigenvalue weighted by atomic mass is 10.1. The molecule has 34 heavy (non-hydrogen) atoms. The van der Waals surface area contributed by atoms with Gasteiger partial charge in [0.2, 0.25) is 15.9 Å². The summed E-state index contributed by atoms with van der Waals surface area (Å²) in [7, 11) is -3.78. The average Bonchev–Trinajstić information content (AvgIpc) is 2.82. The second-order valence-corrected chi connectivity index (χ2v) is 8.93. The van der Waals surface area contributed by atoms with Crippen LogP contribution in [0.25, 0.3) is 0 Å². The number of azo groups is 1. The quantitative estimate of drug-likeness (QED) is 0.291. The number of ether oxygens (including phenoxy) is 1. The zero-order valence-corrected chi connectivity index (χ0v) is 19.7. The zero-order chi connectivity index (χ0) is 25.3. The van der Waals surface area contributed by atoms with E-state index < -0.39 is 21.5 Å². The van der Waals surface area contributed by atoms with Gasteiger partial charge in [0.15, 0.2) is 5.69 Å². The van der Waals surface area contributed by atoms with E-state index in [1.54, 1.807) is 13.0 Å². The predicted octanol–water partition coefficient (Wildman–Crippen LogP) is 1.16. The molecule has 0 fully saturated rings. The van der Waals surface area contributed by atoms with Crippen LogP contribution in [0.2, 0.25) is 0 Å². The molecule has 13 heteroatoms. The Morgan fingerprint density at radius 3 is 2.38 bits per heavy atom. The highest BCUT2D eigenvalue weighted by Crippen LogP contribution is 2.32. The topological polar surface area (TPSA) is 178 Å². The maximum Gasteiger partial charge on any atom is 0.271 e. The van der Waals surface area contributed by atoms with Crippen LogP contribution in [0.15, 0.2) is 44.2 Å². The van der Waals surface area contributed by atoms with Crippen LogP contribution in [0.1, 0.15) is 18.1 Å². The monoisotopic (exact) mass is 493 g/mol. The van der Waals surface area contributed by atoms with Crippen LogP contribution in [0.4, 0.5) is 11.4 Å². The van der Waals surface area contributed by atoms with E-state index in [0.29, 0.717) is 0 Å². The fourth-order valence-corrected chi connectivity index (χ4v) is 4.53. The number of sulfonamides is 1. The van der Waals surface area contributed by atoms with Crippen LogP contribution in [0, 0.1) is 18.3 Å². The summed E-state index contributed by atoms with van der Waals surface area (Å²) in [6.45, 7) is 2.79. The molecule has 0 atom stereocenters. The van der Waals surface area contributed by atoms with E-state index >= 15 is 0 Å². The van der Waals surface area contributed by atoms with E-state index in [0.717, 1.165) is 8.87 Å². The minimum atomic E-state index is -3.78. The first-order chi connectivity index (χ1) is 16.2. The van der Waals surface area contributed by atoms with Crippen LogP contribution in [0.5, 0.6) is 5.88 Å². The Labute approximate surface area is 197 Å². The number of benzene rings is 1. The average molecular weight is 494 g/mol. The number of aliphatic hydroxyl groups is 2. The highest BCUT2D eigenvalue weighted by atomic mass is 32.2. The third-order valence-corrected chi connectivity index (χ3v) is 6.89. The molecule has 0 saturated carbocycles. The van der Waals surface area contributed by atoms with Gasteiger partial charge in [-0.1, -0.05) is 6.92 Å². The second kappa shape index (κ2) is 12.4. The molecule has 0 aliphatic rings. The van der Waals surface area contributed by atoms with E-state index in [1.807, 2.05) is 0 Å². The van der Waals surface area contributed by atoms with Gasteiger partial charge in [0.25, 0.3) is 5.56 Å².